The summed E-state index contributed by atoms with van der Waals surface area (Å²) in [4.78, 5) is 12.5. The predicted molar refractivity (Wildman–Crippen MR) is 67.5 cm³/mol. The number of hydrogen-bond acceptors (Lipinski definition) is 7. The smallest absolute Gasteiger partial charge is 0.322 e. The van der Waals surface area contributed by atoms with Gasteiger partial charge in [0.25, 0.3) is 0 Å². The van der Waals surface area contributed by atoms with E-state index in [-0.39, 0.29) is 12.5 Å². The number of aliphatic hydroxyl groups is 1. The van der Waals surface area contributed by atoms with E-state index in [1.54, 1.807) is 7.05 Å². The summed E-state index contributed by atoms with van der Waals surface area (Å²) in [6, 6.07) is 0.325. The number of aliphatic hydroxyl groups excluding tert-OH is 1. The van der Waals surface area contributed by atoms with Crippen LogP contribution >= 0.6 is 11.8 Å². The van der Waals surface area contributed by atoms with Crippen molar-refractivity contribution in [1.82, 2.24) is 15.0 Å². The van der Waals surface area contributed by atoms with Crippen LogP contribution in [0.3, 0.4) is 0 Å². The van der Waals surface area contributed by atoms with Crippen molar-refractivity contribution in [3.8, 4) is 6.01 Å². The van der Waals surface area contributed by atoms with Crippen molar-refractivity contribution in [1.29, 1.82) is 0 Å². The highest BCUT2D eigenvalue weighted by atomic mass is 32.2. The van der Waals surface area contributed by atoms with Gasteiger partial charge in [-0.05, 0) is 12.8 Å². The van der Waals surface area contributed by atoms with E-state index < -0.39 is 0 Å². The summed E-state index contributed by atoms with van der Waals surface area (Å²) in [5.41, 5.74) is 0. The number of aromatic nitrogens is 3. The maximum absolute atomic E-state index is 8.95. The predicted octanol–water partition coefficient (Wildman–Crippen LogP) is 1.03. The molecule has 0 bridgehead atoms. The van der Waals surface area contributed by atoms with Crippen molar-refractivity contribution in [2.75, 3.05) is 31.3 Å². The van der Waals surface area contributed by atoms with Crippen LogP contribution in [0.25, 0.3) is 0 Å². The summed E-state index contributed by atoms with van der Waals surface area (Å²) in [6.07, 6.45) is 0. The van der Waals surface area contributed by atoms with Crippen molar-refractivity contribution in [2.45, 2.75) is 19.0 Å². The Balaban J connectivity index is 2.72. The fourth-order valence-electron chi connectivity index (χ4n) is 0.978. The highest BCUT2D eigenvalue weighted by molar-refractivity contribution is 7.99. The number of hydrogen-bond donors (Lipinski definition) is 2. The molecule has 17 heavy (non-hydrogen) atoms. The molecule has 96 valence electrons. The number of anilines is 1. The molecule has 0 saturated carbocycles. The first-order valence-corrected chi connectivity index (χ1v) is 6.48. The molecule has 1 unspecified atom stereocenters. The van der Waals surface area contributed by atoms with Gasteiger partial charge in [-0.2, -0.15) is 15.0 Å². The quantitative estimate of drug-likeness (QED) is 0.707. The third-order valence-electron chi connectivity index (χ3n) is 1.90. The lowest BCUT2D eigenvalue weighted by atomic mass is 10.2. The number of ether oxygens (including phenoxy) is 1. The highest BCUT2D eigenvalue weighted by Crippen LogP contribution is 2.19. The Hall–Kier alpha value is -1.08. The second-order valence-corrected chi connectivity index (χ2v) is 4.49. The van der Waals surface area contributed by atoms with Crippen molar-refractivity contribution >= 4 is 17.7 Å². The maximum atomic E-state index is 8.95. The molecule has 0 radical (unpaired) electrons. The molecule has 1 atom stereocenters. The van der Waals surface area contributed by atoms with Crippen LogP contribution in [0.2, 0.25) is 0 Å². The van der Waals surface area contributed by atoms with Gasteiger partial charge in [0.05, 0.1) is 6.61 Å². The van der Waals surface area contributed by atoms with Gasteiger partial charge in [0, 0.05) is 19.4 Å². The molecular formula is C10H18N4O2S. The number of rotatable bonds is 7. The summed E-state index contributed by atoms with van der Waals surface area (Å²) < 4.78 is 5.26. The molecule has 0 aliphatic rings. The monoisotopic (exact) mass is 258 g/mol. The second-order valence-electron chi connectivity index (χ2n) is 3.51. The van der Waals surface area contributed by atoms with Gasteiger partial charge in [-0.15, -0.1) is 0 Å². The van der Waals surface area contributed by atoms with E-state index in [2.05, 4.69) is 20.3 Å². The van der Waals surface area contributed by atoms with Gasteiger partial charge in [-0.1, -0.05) is 18.7 Å². The fourth-order valence-corrected chi connectivity index (χ4v) is 1.81. The Kier molecular flexibility index (Phi) is 5.99. The first-order chi connectivity index (χ1) is 8.19. The molecule has 0 fully saturated rings. The van der Waals surface area contributed by atoms with Gasteiger partial charge >= 0.3 is 6.01 Å². The van der Waals surface area contributed by atoms with Crippen LogP contribution in [0.1, 0.15) is 13.8 Å². The van der Waals surface area contributed by atoms with E-state index in [0.717, 1.165) is 5.75 Å². The van der Waals surface area contributed by atoms with E-state index in [4.69, 9.17) is 9.84 Å². The van der Waals surface area contributed by atoms with Crippen LogP contribution in [-0.2, 0) is 0 Å². The van der Waals surface area contributed by atoms with Crippen LogP contribution in [0, 0.1) is 5.92 Å². The number of nitrogens with one attached hydrogen (secondary N) is 1. The SMILES string of the molecule is CCOc1nc(NC)nc(SCC(C)CO)n1. The van der Waals surface area contributed by atoms with Gasteiger partial charge in [-0.25, -0.2) is 0 Å². The fraction of sp³-hybridized carbons (Fsp3) is 0.700. The van der Waals surface area contributed by atoms with Gasteiger partial charge < -0.3 is 15.2 Å². The molecule has 1 aromatic rings. The average molecular weight is 258 g/mol. The second kappa shape index (κ2) is 7.29. The average Bonchev–Trinajstić information content (AvgIpc) is 2.36. The normalized spacial score (nSPS) is 12.2. The van der Waals surface area contributed by atoms with E-state index in [1.165, 1.54) is 11.8 Å². The zero-order valence-corrected chi connectivity index (χ0v) is 11.1. The zero-order chi connectivity index (χ0) is 12.7. The van der Waals surface area contributed by atoms with Crippen LogP contribution in [-0.4, -0.2) is 46.1 Å². The standard InChI is InChI=1S/C10H18N4O2S/c1-4-16-9-12-8(11-3)13-10(14-9)17-6-7(2)5-15/h7,15H,4-6H2,1-3H3,(H,11,12,13,14). The Bertz CT molecular complexity index is 351. The lowest BCUT2D eigenvalue weighted by Crippen LogP contribution is -2.07. The summed E-state index contributed by atoms with van der Waals surface area (Å²) in [5, 5.41) is 12.4. The number of thioether (sulfide) groups is 1. The Labute approximate surface area is 105 Å². The molecule has 0 aliphatic carbocycles. The van der Waals surface area contributed by atoms with E-state index >= 15 is 0 Å². The van der Waals surface area contributed by atoms with Gasteiger partial charge in [-0.3, -0.25) is 0 Å². The molecule has 0 aliphatic heterocycles. The molecular weight excluding hydrogens is 240 g/mol. The molecule has 0 amide bonds. The minimum Gasteiger partial charge on any atom is -0.464 e. The summed E-state index contributed by atoms with van der Waals surface area (Å²) in [6.45, 7) is 4.53. The van der Waals surface area contributed by atoms with Crippen molar-refractivity contribution in [3.05, 3.63) is 0 Å². The molecule has 6 nitrogen and oxygen atoms in total. The maximum Gasteiger partial charge on any atom is 0.322 e. The number of nitrogens with zero attached hydrogens (tertiary/aromatic N) is 3. The first kappa shape index (κ1) is 14.0. The minimum atomic E-state index is 0.162. The van der Waals surface area contributed by atoms with E-state index in [9.17, 15) is 0 Å². The molecule has 0 saturated heterocycles. The van der Waals surface area contributed by atoms with Crippen molar-refractivity contribution in [3.63, 3.8) is 0 Å². The molecule has 1 heterocycles. The molecule has 0 aromatic carbocycles. The Morgan fingerprint density at radius 2 is 2.18 bits per heavy atom. The van der Waals surface area contributed by atoms with E-state index in [1.807, 2.05) is 13.8 Å². The van der Waals surface area contributed by atoms with Gasteiger partial charge in [0.2, 0.25) is 5.95 Å². The zero-order valence-electron chi connectivity index (χ0n) is 10.3. The van der Waals surface area contributed by atoms with Crippen LogP contribution in [0.15, 0.2) is 5.16 Å². The van der Waals surface area contributed by atoms with Crippen LogP contribution < -0.4 is 10.1 Å². The minimum absolute atomic E-state index is 0.162. The molecule has 1 aromatic heterocycles. The van der Waals surface area contributed by atoms with Crippen molar-refractivity contribution < 1.29 is 9.84 Å². The van der Waals surface area contributed by atoms with Crippen LogP contribution in [0.4, 0.5) is 5.95 Å². The van der Waals surface area contributed by atoms with E-state index in [0.29, 0.717) is 23.7 Å². The summed E-state index contributed by atoms with van der Waals surface area (Å²) in [7, 11) is 1.75. The summed E-state index contributed by atoms with van der Waals surface area (Å²) in [5.74, 6) is 1.46. The molecule has 2 N–H and O–H groups in total. The topological polar surface area (TPSA) is 80.2 Å². The van der Waals surface area contributed by atoms with Crippen molar-refractivity contribution in [2.24, 2.45) is 5.92 Å². The third kappa shape index (κ3) is 4.74. The highest BCUT2D eigenvalue weighted by Gasteiger charge is 2.08. The lowest BCUT2D eigenvalue weighted by molar-refractivity contribution is 0.250. The molecule has 1 rings (SSSR count). The first-order valence-electron chi connectivity index (χ1n) is 5.49. The third-order valence-corrected chi connectivity index (χ3v) is 3.08. The summed E-state index contributed by atoms with van der Waals surface area (Å²) >= 11 is 1.48. The van der Waals surface area contributed by atoms with Gasteiger partial charge in [0.15, 0.2) is 5.16 Å². The van der Waals surface area contributed by atoms with Gasteiger partial charge in [0.1, 0.15) is 0 Å². The molecule has 0 spiro atoms. The lowest BCUT2D eigenvalue weighted by Gasteiger charge is -2.08. The molecule has 7 heteroatoms. The largest absolute Gasteiger partial charge is 0.464 e. The van der Waals surface area contributed by atoms with Crippen LogP contribution in [0.5, 0.6) is 6.01 Å². The Morgan fingerprint density at radius 3 is 2.76 bits per heavy atom. The Morgan fingerprint density at radius 1 is 1.41 bits per heavy atom.